The summed E-state index contributed by atoms with van der Waals surface area (Å²) in [6, 6.07) is 7.54. The third-order valence-electron chi connectivity index (χ3n) is 2.12. The number of para-hydroxylation sites is 1. The SMILES string of the molecule is CC(O)C(C#CC(C)(C)C)Oc1ccccc1Br. The van der Waals surface area contributed by atoms with Crippen LogP contribution in [0.2, 0.25) is 0 Å². The van der Waals surface area contributed by atoms with Crippen LogP contribution in [0.1, 0.15) is 27.7 Å². The zero-order valence-electron chi connectivity index (χ0n) is 11.2. The minimum absolute atomic E-state index is 0.107. The van der Waals surface area contributed by atoms with Crippen LogP contribution in [0.5, 0.6) is 5.75 Å². The molecule has 0 saturated carbocycles. The second-order valence-corrected chi connectivity index (χ2v) is 6.08. The number of hydrogen-bond acceptors (Lipinski definition) is 2. The van der Waals surface area contributed by atoms with Gasteiger partial charge in [-0.05, 0) is 55.8 Å². The molecule has 0 aliphatic rings. The van der Waals surface area contributed by atoms with Crippen LogP contribution in [0.15, 0.2) is 28.7 Å². The number of aliphatic hydroxyl groups is 1. The summed E-state index contributed by atoms with van der Waals surface area (Å²) >= 11 is 3.41. The lowest BCUT2D eigenvalue weighted by molar-refractivity contribution is 0.0825. The molecule has 0 spiro atoms. The number of halogens is 1. The molecule has 2 nitrogen and oxygen atoms in total. The van der Waals surface area contributed by atoms with Gasteiger partial charge in [0.05, 0.1) is 10.6 Å². The Balaban J connectivity index is 2.88. The lowest BCUT2D eigenvalue weighted by Crippen LogP contribution is -2.28. The molecule has 1 N–H and O–H groups in total. The maximum absolute atomic E-state index is 9.72. The number of rotatable bonds is 3. The average molecular weight is 311 g/mol. The molecule has 1 rings (SSSR count). The fraction of sp³-hybridized carbons (Fsp3) is 0.467. The van der Waals surface area contributed by atoms with Crippen molar-refractivity contribution in [2.75, 3.05) is 0 Å². The van der Waals surface area contributed by atoms with Crippen LogP contribution >= 0.6 is 15.9 Å². The molecule has 0 saturated heterocycles. The van der Waals surface area contributed by atoms with Crippen molar-refractivity contribution in [3.8, 4) is 17.6 Å². The van der Waals surface area contributed by atoms with E-state index in [1.165, 1.54) is 0 Å². The predicted molar refractivity (Wildman–Crippen MR) is 77.5 cm³/mol. The van der Waals surface area contributed by atoms with E-state index in [1.807, 2.05) is 45.0 Å². The number of benzene rings is 1. The molecule has 0 radical (unpaired) electrons. The van der Waals surface area contributed by atoms with Crippen LogP contribution in [0.25, 0.3) is 0 Å². The van der Waals surface area contributed by atoms with E-state index >= 15 is 0 Å². The van der Waals surface area contributed by atoms with Gasteiger partial charge in [-0.15, -0.1) is 0 Å². The third kappa shape index (κ3) is 5.12. The van der Waals surface area contributed by atoms with Gasteiger partial charge in [0, 0.05) is 5.41 Å². The second-order valence-electron chi connectivity index (χ2n) is 5.23. The summed E-state index contributed by atoms with van der Waals surface area (Å²) in [7, 11) is 0. The Morgan fingerprint density at radius 2 is 1.89 bits per heavy atom. The summed E-state index contributed by atoms with van der Waals surface area (Å²) in [5, 5.41) is 9.72. The number of ether oxygens (including phenoxy) is 1. The molecule has 2 unspecified atom stereocenters. The largest absolute Gasteiger partial charge is 0.474 e. The van der Waals surface area contributed by atoms with Crippen molar-refractivity contribution in [3.05, 3.63) is 28.7 Å². The number of hydrogen-bond donors (Lipinski definition) is 1. The molecule has 0 aromatic heterocycles. The Morgan fingerprint density at radius 1 is 1.28 bits per heavy atom. The maximum atomic E-state index is 9.72. The molecule has 3 heteroatoms. The topological polar surface area (TPSA) is 29.5 Å². The Labute approximate surface area is 117 Å². The molecule has 1 aromatic rings. The van der Waals surface area contributed by atoms with Gasteiger partial charge in [-0.3, -0.25) is 0 Å². The molecule has 0 amide bonds. The second kappa shape index (κ2) is 6.26. The van der Waals surface area contributed by atoms with E-state index in [0.29, 0.717) is 5.75 Å². The van der Waals surface area contributed by atoms with Crippen LogP contribution < -0.4 is 4.74 Å². The molecule has 1 aromatic carbocycles. The highest BCUT2D eigenvalue weighted by Crippen LogP contribution is 2.25. The third-order valence-corrected chi connectivity index (χ3v) is 2.77. The zero-order valence-corrected chi connectivity index (χ0v) is 12.8. The van der Waals surface area contributed by atoms with Crippen LogP contribution in [0, 0.1) is 17.3 Å². The van der Waals surface area contributed by atoms with Crippen LogP contribution in [0.4, 0.5) is 0 Å². The monoisotopic (exact) mass is 310 g/mol. The van der Waals surface area contributed by atoms with Gasteiger partial charge in [-0.1, -0.05) is 24.0 Å². The van der Waals surface area contributed by atoms with Gasteiger partial charge in [0.2, 0.25) is 0 Å². The summed E-state index contributed by atoms with van der Waals surface area (Å²) < 4.78 is 6.59. The normalized spacial score (nSPS) is 14.3. The van der Waals surface area contributed by atoms with Gasteiger partial charge in [0.1, 0.15) is 5.75 Å². The molecule has 2 atom stereocenters. The molecule has 0 heterocycles. The quantitative estimate of drug-likeness (QED) is 0.864. The van der Waals surface area contributed by atoms with Crippen molar-refractivity contribution in [3.63, 3.8) is 0 Å². The summed E-state index contributed by atoms with van der Waals surface area (Å²) in [6.45, 7) is 7.76. The summed E-state index contributed by atoms with van der Waals surface area (Å²) in [4.78, 5) is 0. The Bertz CT molecular complexity index is 450. The lowest BCUT2D eigenvalue weighted by Gasteiger charge is -2.18. The van der Waals surface area contributed by atoms with E-state index in [4.69, 9.17) is 4.74 Å². The van der Waals surface area contributed by atoms with Gasteiger partial charge in [0.25, 0.3) is 0 Å². The van der Waals surface area contributed by atoms with Gasteiger partial charge in [-0.25, -0.2) is 0 Å². The number of aliphatic hydroxyl groups excluding tert-OH is 1. The smallest absolute Gasteiger partial charge is 0.184 e. The molecule has 18 heavy (non-hydrogen) atoms. The highest BCUT2D eigenvalue weighted by atomic mass is 79.9. The van der Waals surface area contributed by atoms with Gasteiger partial charge >= 0.3 is 0 Å². The molecular formula is C15H19BrO2. The minimum atomic E-state index is -0.646. The lowest BCUT2D eigenvalue weighted by atomic mass is 9.97. The van der Waals surface area contributed by atoms with E-state index in [2.05, 4.69) is 27.8 Å². The van der Waals surface area contributed by atoms with E-state index < -0.39 is 12.2 Å². The predicted octanol–water partition coefficient (Wildman–Crippen LogP) is 3.63. The first kappa shape index (κ1) is 15.1. The van der Waals surface area contributed by atoms with Crippen molar-refractivity contribution in [2.24, 2.45) is 5.41 Å². The molecule has 0 bridgehead atoms. The van der Waals surface area contributed by atoms with Crippen molar-refractivity contribution < 1.29 is 9.84 Å². The van der Waals surface area contributed by atoms with Crippen LogP contribution in [-0.4, -0.2) is 17.3 Å². The molecule has 98 valence electrons. The standard InChI is InChI=1S/C15H19BrO2/c1-11(17)13(9-10-15(2,3)4)18-14-8-6-5-7-12(14)16/h5-8,11,13,17H,1-4H3. The summed E-state index contributed by atoms with van der Waals surface area (Å²) in [5.74, 6) is 6.77. The average Bonchev–Trinajstić information content (AvgIpc) is 2.24. The van der Waals surface area contributed by atoms with Crippen molar-refractivity contribution in [1.82, 2.24) is 0 Å². The highest BCUT2D eigenvalue weighted by Gasteiger charge is 2.16. The van der Waals surface area contributed by atoms with E-state index in [0.717, 1.165) is 4.47 Å². The zero-order chi connectivity index (χ0) is 13.8. The fourth-order valence-corrected chi connectivity index (χ4v) is 1.59. The van der Waals surface area contributed by atoms with Crippen molar-refractivity contribution >= 4 is 15.9 Å². The molecule has 0 aliphatic heterocycles. The van der Waals surface area contributed by atoms with Gasteiger partial charge in [-0.2, -0.15) is 0 Å². The Morgan fingerprint density at radius 3 is 2.39 bits per heavy atom. The fourth-order valence-electron chi connectivity index (χ4n) is 1.21. The van der Waals surface area contributed by atoms with E-state index in [-0.39, 0.29) is 5.41 Å². The molecular weight excluding hydrogens is 292 g/mol. The Hall–Kier alpha value is -0.980. The van der Waals surface area contributed by atoms with Crippen LogP contribution in [-0.2, 0) is 0 Å². The van der Waals surface area contributed by atoms with Crippen molar-refractivity contribution in [1.29, 1.82) is 0 Å². The first-order valence-corrected chi connectivity index (χ1v) is 6.71. The van der Waals surface area contributed by atoms with Gasteiger partial charge in [0.15, 0.2) is 6.10 Å². The molecule has 0 aliphatic carbocycles. The van der Waals surface area contributed by atoms with Crippen molar-refractivity contribution in [2.45, 2.75) is 39.9 Å². The van der Waals surface area contributed by atoms with E-state index in [9.17, 15) is 5.11 Å². The van der Waals surface area contributed by atoms with Crippen LogP contribution in [0.3, 0.4) is 0 Å². The minimum Gasteiger partial charge on any atom is -0.474 e. The molecule has 0 fully saturated rings. The highest BCUT2D eigenvalue weighted by molar-refractivity contribution is 9.10. The first-order chi connectivity index (χ1) is 8.29. The summed E-state index contributed by atoms with van der Waals surface area (Å²) in [6.07, 6.45) is -1.17. The summed E-state index contributed by atoms with van der Waals surface area (Å²) in [5.41, 5.74) is -0.107. The first-order valence-electron chi connectivity index (χ1n) is 5.91. The van der Waals surface area contributed by atoms with E-state index in [1.54, 1.807) is 6.92 Å². The maximum Gasteiger partial charge on any atom is 0.184 e. The Kier molecular flexibility index (Phi) is 5.25. The van der Waals surface area contributed by atoms with Gasteiger partial charge < -0.3 is 9.84 Å².